The zero-order chi connectivity index (χ0) is 11.7. The number of hydrogen-bond acceptors (Lipinski definition) is 5. The summed E-state index contributed by atoms with van der Waals surface area (Å²) >= 11 is 0.300. The Hall–Kier alpha value is -0.660. The zero-order valence-electron chi connectivity index (χ0n) is 9.09. The molecule has 0 bridgehead atoms. The predicted octanol–water partition coefficient (Wildman–Crippen LogP) is 1.35. The number of para-hydroxylation sites is 1. The second kappa shape index (κ2) is 4.91. The van der Waals surface area contributed by atoms with Gasteiger partial charge in [-0.3, -0.25) is 0 Å². The Balaban J connectivity index is 1.86. The van der Waals surface area contributed by atoms with Crippen molar-refractivity contribution in [3.63, 3.8) is 0 Å². The fourth-order valence-corrected chi connectivity index (χ4v) is 4.25. The first-order valence-electron chi connectivity index (χ1n) is 5.43. The van der Waals surface area contributed by atoms with E-state index in [1.807, 2.05) is 24.3 Å². The van der Waals surface area contributed by atoms with Gasteiger partial charge in [0.15, 0.2) is 0 Å². The van der Waals surface area contributed by atoms with E-state index in [0.717, 1.165) is 16.8 Å². The SMILES string of the molecule is [O-][S+](c1nc2ccccc2s1)C1CNCCO1. The minimum Gasteiger partial charge on any atom is -0.607 e. The molecule has 6 heteroatoms. The van der Waals surface area contributed by atoms with Crippen molar-refractivity contribution in [2.75, 3.05) is 19.7 Å². The van der Waals surface area contributed by atoms with Gasteiger partial charge in [-0.05, 0) is 12.1 Å². The van der Waals surface area contributed by atoms with Crippen LogP contribution in [0, 0.1) is 0 Å². The summed E-state index contributed by atoms with van der Waals surface area (Å²) in [4.78, 5) is 4.40. The highest BCUT2D eigenvalue weighted by Crippen LogP contribution is 2.28. The van der Waals surface area contributed by atoms with Crippen LogP contribution in [0.2, 0.25) is 0 Å². The Bertz CT molecular complexity index is 478. The average Bonchev–Trinajstić information content (AvgIpc) is 2.82. The normalized spacial score (nSPS) is 22.8. The van der Waals surface area contributed by atoms with Gasteiger partial charge in [-0.25, -0.2) is 0 Å². The topological polar surface area (TPSA) is 57.2 Å². The third kappa shape index (κ3) is 2.31. The Morgan fingerprint density at radius 3 is 3.12 bits per heavy atom. The molecule has 1 fully saturated rings. The molecule has 90 valence electrons. The lowest BCUT2D eigenvalue weighted by Crippen LogP contribution is -2.42. The van der Waals surface area contributed by atoms with Crippen molar-refractivity contribution < 1.29 is 9.29 Å². The maximum atomic E-state index is 12.3. The molecule has 0 spiro atoms. The molecule has 1 aromatic carbocycles. The molecule has 2 aromatic rings. The van der Waals surface area contributed by atoms with Crippen molar-refractivity contribution >= 4 is 32.7 Å². The summed E-state index contributed by atoms with van der Waals surface area (Å²) in [6, 6.07) is 7.83. The summed E-state index contributed by atoms with van der Waals surface area (Å²) in [5.74, 6) is 0. The molecule has 17 heavy (non-hydrogen) atoms. The summed E-state index contributed by atoms with van der Waals surface area (Å²) in [5, 5.41) is 3.18. The lowest BCUT2D eigenvalue weighted by Gasteiger charge is -2.23. The Morgan fingerprint density at radius 1 is 1.47 bits per heavy atom. The van der Waals surface area contributed by atoms with Gasteiger partial charge in [0.05, 0.1) is 23.4 Å². The van der Waals surface area contributed by atoms with E-state index in [1.165, 1.54) is 11.3 Å². The number of fused-ring (bicyclic) bond motifs is 1. The maximum Gasteiger partial charge on any atom is 0.305 e. The van der Waals surface area contributed by atoms with Crippen LogP contribution in [0.3, 0.4) is 0 Å². The number of nitrogens with one attached hydrogen (secondary N) is 1. The smallest absolute Gasteiger partial charge is 0.305 e. The molecular formula is C11H12N2O2S2. The van der Waals surface area contributed by atoms with Crippen molar-refractivity contribution in [3.8, 4) is 0 Å². The number of hydrogen-bond donors (Lipinski definition) is 1. The fraction of sp³-hybridized carbons (Fsp3) is 0.364. The van der Waals surface area contributed by atoms with Crippen LogP contribution in [0.1, 0.15) is 0 Å². The molecule has 3 rings (SSSR count). The van der Waals surface area contributed by atoms with Gasteiger partial charge in [-0.2, -0.15) is 4.98 Å². The molecular weight excluding hydrogens is 256 g/mol. The summed E-state index contributed by atoms with van der Waals surface area (Å²) in [6.45, 7) is 2.07. The van der Waals surface area contributed by atoms with Crippen molar-refractivity contribution in [1.29, 1.82) is 0 Å². The van der Waals surface area contributed by atoms with Crippen LogP contribution in [-0.2, 0) is 15.9 Å². The highest BCUT2D eigenvalue weighted by molar-refractivity contribution is 7.93. The zero-order valence-corrected chi connectivity index (χ0v) is 10.7. The van der Waals surface area contributed by atoms with Gasteiger partial charge >= 0.3 is 4.34 Å². The number of ether oxygens (including phenoxy) is 1. The number of nitrogens with zero attached hydrogens (tertiary/aromatic N) is 1. The monoisotopic (exact) mass is 268 g/mol. The highest BCUT2D eigenvalue weighted by atomic mass is 32.2. The Kier molecular flexibility index (Phi) is 3.30. The van der Waals surface area contributed by atoms with E-state index in [1.54, 1.807) is 0 Å². The number of aromatic nitrogens is 1. The van der Waals surface area contributed by atoms with Crippen LogP contribution in [0.4, 0.5) is 0 Å². The molecule has 1 N–H and O–H groups in total. The van der Waals surface area contributed by atoms with Crippen LogP contribution in [0.15, 0.2) is 28.6 Å². The van der Waals surface area contributed by atoms with E-state index in [9.17, 15) is 4.55 Å². The molecule has 1 aromatic heterocycles. The van der Waals surface area contributed by atoms with E-state index in [-0.39, 0.29) is 5.44 Å². The Labute approximate surface area is 106 Å². The maximum absolute atomic E-state index is 12.3. The van der Waals surface area contributed by atoms with Crippen LogP contribution < -0.4 is 5.32 Å². The predicted molar refractivity (Wildman–Crippen MR) is 68.6 cm³/mol. The van der Waals surface area contributed by atoms with Gasteiger partial charge in [0.2, 0.25) is 5.44 Å². The van der Waals surface area contributed by atoms with Crippen LogP contribution in [-0.4, -0.2) is 34.7 Å². The van der Waals surface area contributed by atoms with Gasteiger partial charge in [0.25, 0.3) is 0 Å². The fourth-order valence-electron chi connectivity index (χ4n) is 1.73. The minimum atomic E-state index is -1.18. The van der Waals surface area contributed by atoms with E-state index in [4.69, 9.17) is 4.74 Å². The molecule has 0 saturated carbocycles. The summed E-state index contributed by atoms with van der Waals surface area (Å²) < 4.78 is 19.5. The Morgan fingerprint density at radius 2 is 2.35 bits per heavy atom. The first kappa shape index (κ1) is 11.4. The van der Waals surface area contributed by atoms with E-state index >= 15 is 0 Å². The summed E-state index contributed by atoms with van der Waals surface area (Å²) in [6.07, 6.45) is 0. The lowest BCUT2D eigenvalue weighted by atomic mass is 10.3. The molecule has 0 amide bonds. The molecule has 2 atom stereocenters. The van der Waals surface area contributed by atoms with E-state index in [2.05, 4.69) is 10.3 Å². The van der Waals surface area contributed by atoms with Crippen LogP contribution in [0.25, 0.3) is 10.2 Å². The van der Waals surface area contributed by atoms with Gasteiger partial charge in [-0.15, -0.1) is 0 Å². The highest BCUT2D eigenvalue weighted by Gasteiger charge is 2.30. The molecule has 0 radical (unpaired) electrons. The third-order valence-electron chi connectivity index (χ3n) is 2.58. The molecule has 1 aliphatic heterocycles. The van der Waals surface area contributed by atoms with E-state index < -0.39 is 11.2 Å². The van der Waals surface area contributed by atoms with Gasteiger partial charge < -0.3 is 14.6 Å². The first-order chi connectivity index (χ1) is 8.34. The number of benzene rings is 1. The molecule has 2 heterocycles. The summed E-state index contributed by atoms with van der Waals surface area (Å²) in [5.41, 5.74) is 0.633. The minimum absolute atomic E-state index is 0.274. The lowest BCUT2D eigenvalue weighted by molar-refractivity contribution is 0.0785. The number of morpholine rings is 1. The van der Waals surface area contributed by atoms with Gasteiger partial charge in [0.1, 0.15) is 0 Å². The second-order valence-electron chi connectivity index (χ2n) is 3.75. The van der Waals surface area contributed by atoms with Crippen LogP contribution >= 0.6 is 11.3 Å². The number of thiazole rings is 1. The van der Waals surface area contributed by atoms with Gasteiger partial charge in [-0.1, -0.05) is 23.5 Å². The van der Waals surface area contributed by atoms with Crippen molar-refractivity contribution in [3.05, 3.63) is 24.3 Å². The van der Waals surface area contributed by atoms with Crippen molar-refractivity contribution in [2.45, 2.75) is 9.78 Å². The quantitative estimate of drug-likeness (QED) is 0.835. The molecule has 1 saturated heterocycles. The largest absolute Gasteiger partial charge is 0.607 e. The molecule has 0 aliphatic carbocycles. The molecule has 1 aliphatic rings. The standard InChI is InChI=1S/C11H12N2O2S2/c14-17(10-7-12-5-6-15-10)11-13-8-3-1-2-4-9(8)16-11/h1-4,10,12H,5-7H2. The van der Waals surface area contributed by atoms with Crippen LogP contribution in [0.5, 0.6) is 0 Å². The third-order valence-corrected chi connectivity index (χ3v) is 5.37. The van der Waals surface area contributed by atoms with Crippen molar-refractivity contribution in [2.24, 2.45) is 0 Å². The average molecular weight is 268 g/mol. The number of rotatable bonds is 2. The summed E-state index contributed by atoms with van der Waals surface area (Å²) in [7, 11) is 0. The second-order valence-corrected chi connectivity index (χ2v) is 6.55. The molecule has 4 nitrogen and oxygen atoms in total. The van der Waals surface area contributed by atoms with Crippen molar-refractivity contribution in [1.82, 2.24) is 10.3 Å². The van der Waals surface area contributed by atoms with Gasteiger partial charge in [0, 0.05) is 17.7 Å². The first-order valence-corrected chi connectivity index (χ1v) is 7.46. The van der Waals surface area contributed by atoms with E-state index in [0.29, 0.717) is 17.5 Å². The molecule has 2 unspecified atom stereocenters.